The average molecular weight is 489 g/mol. The minimum atomic E-state index is -0.903. The topological polar surface area (TPSA) is 79.7 Å². The van der Waals surface area contributed by atoms with Gasteiger partial charge in [-0.2, -0.15) is 0 Å². The molecule has 9 heteroatoms. The van der Waals surface area contributed by atoms with Crippen molar-refractivity contribution >= 4 is 57.1 Å². The monoisotopic (exact) mass is 488 g/mol. The molecule has 1 fully saturated rings. The van der Waals surface area contributed by atoms with E-state index in [9.17, 15) is 14.7 Å². The number of amides is 1. The quantitative estimate of drug-likeness (QED) is 0.289. The Morgan fingerprint density at radius 1 is 1.16 bits per heavy atom. The van der Waals surface area contributed by atoms with Gasteiger partial charge >= 0.3 is 5.91 Å². The summed E-state index contributed by atoms with van der Waals surface area (Å²) in [5.41, 5.74) is 1.55. The van der Waals surface area contributed by atoms with Crippen molar-refractivity contribution in [2.75, 3.05) is 12.0 Å². The lowest BCUT2D eigenvalue weighted by Crippen LogP contribution is -2.29. The van der Waals surface area contributed by atoms with Gasteiger partial charge in [-0.3, -0.25) is 14.5 Å². The summed E-state index contributed by atoms with van der Waals surface area (Å²) in [7, 11) is 1.48. The number of methoxy groups -OCH3 is 1. The molecule has 1 aliphatic rings. The van der Waals surface area contributed by atoms with Gasteiger partial charge in [-0.15, -0.1) is 11.3 Å². The Bertz CT molecular complexity index is 1270. The summed E-state index contributed by atoms with van der Waals surface area (Å²) in [4.78, 5) is 33.0. The predicted molar refractivity (Wildman–Crippen MR) is 126 cm³/mol. The highest BCUT2D eigenvalue weighted by molar-refractivity contribution is 7.16. The van der Waals surface area contributed by atoms with Gasteiger partial charge in [0, 0.05) is 15.5 Å². The number of rotatable bonds is 4. The molecule has 32 heavy (non-hydrogen) atoms. The van der Waals surface area contributed by atoms with Gasteiger partial charge in [-0.05, 0) is 49.7 Å². The van der Waals surface area contributed by atoms with Crippen LogP contribution in [-0.4, -0.2) is 28.9 Å². The number of nitrogens with zero attached hydrogens (tertiary/aromatic N) is 2. The number of aromatic nitrogens is 1. The van der Waals surface area contributed by atoms with Crippen LogP contribution in [0.1, 0.15) is 27.7 Å². The lowest BCUT2D eigenvalue weighted by atomic mass is 9.95. The van der Waals surface area contributed by atoms with Crippen LogP contribution in [-0.2, 0) is 9.59 Å². The van der Waals surface area contributed by atoms with Crippen LogP contribution < -0.4 is 9.64 Å². The molecule has 1 amide bonds. The number of thiazole rings is 1. The van der Waals surface area contributed by atoms with Crippen LogP contribution in [0.15, 0.2) is 48.0 Å². The summed E-state index contributed by atoms with van der Waals surface area (Å²) in [6.07, 6.45) is 0. The molecule has 1 saturated heterocycles. The van der Waals surface area contributed by atoms with E-state index >= 15 is 0 Å². The minimum absolute atomic E-state index is 0.0657. The molecule has 0 aliphatic carbocycles. The number of anilines is 1. The Hall–Kier alpha value is -2.87. The first-order valence-corrected chi connectivity index (χ1v) is 11.1. The Morgan fingerprint density at radius 3 is 2.50 bits per heavy atom. The van der Waals surface area contributed by atoms with E-state index in [1.54, 1.807) is 36.4 Å². The summed E-state index contributed by atoms with van der Waals surface area (Å²) >= 11 is 13.7. The van der Waals surface area contributed by atoms with Crippen molar-refractivity contribution in [3.8, 4) is 5.75 Å². The fourth-order valence-electron chi connectivity index (χ4n) is 3.55. The van der Waals surface area contributed by atoms with Gasteiger partial charge in [-0.25, -0.2) is 4.98 Å². The minimum Gasteiger partial charge on any atom is -0.507 e. The maximum atomic E-state index is 13.1. The van der Waals surface area contributed by atoms with E-state index in [1.165, 1.54) is 29.4 Å². The molecule has 6 nitrogen and oxygen atoms in total. The van der Waals surface area contributed by atoms with E-state index in [-0.39, 0.29) is 21.9 Å². The van der Waals surface area contributed by atoms with Gasteiger partial charge in [0.05, 0.1) is 29.4 Å². The largest absolute Gasteiger partial charge is 0.507 e. The normalized spacial score (nSPS) is 17.8. The lowest BCUT2D eigenvalue weighted by molar-refractivity contribution is -0.132. The molecular formula is C23H18Cl2N2O4S. The molecule has 1 unspecified atom stereocenters. The zero-order chi connectivity index (χ0) is 23.2. The van der Waals surface area contributed by atoms with Crippen LogP contribution in [0.3, 0.4) is 0 Å². The van der Waals surface area contributed by atoms with Crippen LogP contribution in [0.5, 0.6) is 5.75 Å². The highest BCUT2D eigenvalue weighted by atomic mass is 35.5. The van der Waals surface area contributed by atoms with Crippen molar-refractivity contribution in [1.82, 2.24) is 4.98 Å². The Morgan fingerprint density at radius 2 is 1.91 bits per heavy atom. The second kappa shape index (κ2) is 8.58. The lowest BCUT2D eigenvalue weighted by Gasteiger charge is -2.23. The molecular weight excluding hydrogens is 471 g/mol. The van der Waals surface area contributed by atoms with Gasteiger partial charge in [0.2, 0.25) is 0 Å². The maximum absolute atomic E-state index is 13.1. The van der Waals surface area contributed by atoms with E-state index in [2.05, 4.69) is 4.98 Å². The number of Topliss-reactive ketones (excluding diaryl/α,β-unsaturated/α-hetero) is 1. The van der Waals surface area contributed by atoms with Gasteiger partial charge in [-0.1, -0.05) is 35.3 Å². The first kappa shape index (κ1) is 22.3. The molecule has 0 radical (unpaired) electrons. The average Bonchev–Trinajstić information content (AvgIpc) is 3.23. The second-order valence-electron chi connectivity index (χ2n) is 7.21. The number of carbonyl (C=O) groups is 2. The Kier molecular flexibility index (Phi) is 5.99. The van der Waals surface area contributed by atoms with E-state index in [0.29, 0.717) is 21.5 Å². The summed E-state index contributed by atoms with van der Waals surface area (Å²) in [6, 6.07) is 10.5. The van der Waals surface area contributed by atoms with Crippen molar-refractivity contribution < 1.29 is 19.4 Å². The fraction of sp³-hybridized carbons (Fsp3) is 0.174. The van der Waals surface area contributed by atoms with Gasteiger partial charge in [0.15, 0.2) is 5.13 Å². The number of hydrogen-bond donors (Lipinski definition) is 1. The fourth-order valence-corrected chi connectivity index (χ4v) is 4.94. The third-order valence-corrected chi connectivity index (χ3v) is 6.86. The zero-order valence-electron chi connectivity index (χ0n) is 17.3. The van der Waals surface area contributed by atoms with Crippen molar-refractivity contribution in [1.29, 1.82) is 0 Å². The SMILES string of the molecule is COc1ccc(C(O)=C2C(=O)C(=O)N(c3nc(C)c(C)s3)C2c2cccc(Cl)c2)cc1Cl. The van der Waals surface area contributed by atoms with Crippen molar-refractivity contribution in [3.63, 3.8) is 0 Å². The Labute approximate surface area is 198 Å². The molecule has 1 N–H and O–H groups in total. The standard InChI is InChI=1S/C23H18Cl2N2O4S/c1-11-12(2)32-23(26-11)27-19(13-5-4-6-15(24)9-13)18(21(29)22(27)30)20(28)14-7-8-17(31-3)16(25)10-14/h4-10,19,28H,1-3H3. The van der Waals surface area contributed by atoms with E-state index in [1.807, 2.05) is 13.8 Å². The summed E-state index contributed by atoms with van der Waals surface area (Å²) < 4.78 is 5.15. The highest BCUT2D eigenvalue weighted by Crippen LogP contribution is 2.44. The number of aliphatic hydroxyl groups excluding tert-OH is 1. The smallest absolute Gasteiger partial charge is 0.301 e. The molecule has 0 bridgehead atoms. The third kappa shape index (κ3) is 3.77. The number of aliphatic hydroxyl groups is 1. The number of ketones is 1. The molecule has 0 saturated carbocycles. The van der Waals surface area contributed by atoms with Gasteiger partial charge in [0.25, 0.3) is 5.78 Å². The molecule has 164 valence electrons. The number of aryl methyl sites for hydroxylation is 2. The van der Waals surface area contributed by atoms with Gasteiger partial charge in [0.1, 0.15) is 11.5 Å². The maximum Gasteiger partial charge on any atom is 0.301 e. The number of halogens is 2. The number of benzene rings is 2. The van der Waals surface area contributed by atoms with Crippen molar-refractivity contribution in [2.45, 2.75) is 19.9 Å². The van der Waals surface area contributed by atoms with E-state index in [4.69, 9.17) is 27.9 Å². The van der Waals surface area contributed by atoms with Crippen molar-refractivity contribution in [3.05, 3.63) is 79.8 Å². The van der Waals surface area contributed by atoms with Crippen LogP contribution in [0, 0.1) is 13.8 Å². The summed E-state index contributed by atoms with van der Waals surface area (Å²) in [5, 5.41) is 12.2. The van der Waals surface area contributed by atoms with Gasteiger partial charge < -0.3 is 9.84 Å². The summed E-state index contributed by atoms with van der Waals surface area (Å²) in [5.74, 6) is -1.51. The van der Waals surface area contributed by atoms with Crippen LogP contribution in [0.25, 0.3) is 5.76 Å². The highest BCUT2D eigenvalue weighted by Gasteiger charge is 2.48. The molecule has 3 aromatic rings. The molecule has 2 aromatic carbocycles. The van der Waals surface area contributed by atoms with E-state index < -0.39 is 17.7 Å². The molecule has 0 spiro atoms. The number of ether oxygens (including phenoxy) is 1. The summed E-state index contributed by atoms with van der Waals surface area (Å²) in [6.45, 7) is 3.72. The first-order valence-electron chi connectivity index (χ1n) is 9.57. The van der Waals surface area contributed by atoms with E-state index in [0.717, 1.165) is 10.6 Å². The number of hydrogen-bond acceptors (Lipinski definition) is 6. The number of carbonyl (C=O) groups excluding carboxylic acids is 2. The molecule has 2 heterocycles. The molecule has 1 aliphatic heterocycles. The second-order valence-corrected chi connectivity index (χ2v) is 9.24. The molecule has 1 aromatic heterocycles. The molecule has 4 rings (SSSR count). The predicted octanol–water partition coefficient (Wildman–Crippen LogP) is 5.70. The van der Waals surface area contributed by atoms with Crippen molar-refractivity contribution in [2.24, 2.45) is 0 Å². The first-order chi connectivity index (χ1) is 15.2. The van der Waals surface area contributed by atoms with Crippen LogP contribution in [0.4, 0.5) is 5.13 Å². The van der Waals surface area contributed by atoms with Crippen LogP contribution >= 0.6 is 34.5 Å². The van der Waals surface area contributed by atoms with Crippen LogP contribution in [0.2, 0.25) is 10.0 Å². The molecule has 1 atom stereocenters. The zero-order valence-corrected chi connectivity index (χ0v) is 19.7. The Balaban J connectivity index is 1.95. The third-order valence-electron chi connectivity index (χ3n) is 5.26.